The van der Waals surface area contributed by atoms with E-state index in [-0.39, 0.29) is 11.8 Å². The Morgan fingerprint density at radius 2 is 2.17 bits per heavy atom. The summed E-state index contributed by atoms with van der Waals surface area (Å²) in [5, 5.41) is 6.01. The number of fused-ring (bicyclic) bond motifs is 1. The summed E-state index contributed by atoms with van der Waals surface area (Å²) in [5.41, 5.74) is 6.19. The summed E-state index contributed by atoms with van der Waals surface area (Å²) >= 11 is 1.66. The van der Waals surface area contributed by atoms with Gasteiger partial charge in [0.2, 0.25) is 5.95 Å². The van der Waals surface area contributed by atoms with Crippen LogP contribution in [0.1, 0.15) is 0 Å². The average molecular weight is 260 g/mol. The zero-order valence-corrected chi connectivity index (χ0v) is 10.0. The molecule has 0 amide bonds. The first-order chi connectivity index (χ1) is 8.72. The third-order valence-electron chi connectivity index (χ3n) is 2.48. The molecule has 2 aromatic heterocycles. The highest BCUT2D eigenvalue weighted by molar-refractivity contribution is 7.17. The first-order valence-corrected chi connectivity index (χ1v) is 6.12. The lowest BCUT2D eigenvalue weighted by Crippen LogP contribution is -2.02. The minimum Gasteiger partial charge on any atom is -0.368 e. The molecule has 3 aromatic rings. The maximum Gasteiger partial charge on any atom is 0.222 e. The Bertz CT molecular complexity index is 710. The van der Waals surface area contributed by atoms with E-state index >= 15 is 0 Å². The lowest BCUT2D eigenvalue weighted by atomic mass is 10.2. The molecule has 0 radical (unpaired) electrons. The van der Waals surface area contributed by atoms with Gasteiger partial charge in [-0.2, -0.15) is 4.98 Å². The molecule has 3 N–H and O–H groups in total. The molecule has 90 valence electrons. The molecule has 0 aliphatic carbocycles. The van der Waals surface area contributed by atoms with Crippen LogP contribution in [0.15, 0.2) is 35.8 Å². The van der Waals surface area contributed by atoms with E-state index in [1.165, 1.54) is 4.70 Å². The van der Waals surface area contributed by atoms with E-state index in [2.05, 4.69) is 15.3 Å². The third kappa shape index (κ3) is 1.98. The van der Waals surface area contributed by atoms with Crippen molar-refractivity contribution in [3.8, 4) is 0 Å². The SMILES string of the molecule is Nc1ncc(F)c(Nc2ccc3sccc3c2)n1. The summed E-state index contributed by atoms with van der Waals surface area (Å²) in [6.07, 6.45) is 1.05. The maximum absolute atomic E-state index is 13.5. The Morgan fingerprint density at radius 3 is 3.06 bits per heavy atom. The van der Waals surface area contributed by atoms with Gasteiger partial charge in [0.25, 0.3) is 0 Å². The normalized spacial score (nSPS) is 10.7. The van der Waals surface area contributed by atoms with Gasteiger partial charge in [-0.25, -0.2) is 9.37 Å². The van der Waals surface area contributed by atoms with Gasteiger partial charge in [0, 0.05) is 10.4 Å². The largest absolute Gasteiger partial charge is 0.368 e. The smallest absolute Gasteiger partial charge is 0.222 e. The Morgan fingerprint density at radius 1 is 1.28 bits per heavy atom. The topological polar surface area (TPSA) is 63.8 Å². The predicted octanol–water partition coefficient (Wildman–Crippen LogP) is 3.16. The zero-order valence-electron chi connectivity index (χ0n) is 9.22. The van der Waals surface area contributed by atoms with Crippen molar-refractivity contribution >= 4 is 38.9 Å². The summed E-state index contributed by atoms with van der Waals surface area (Å²) in [6.45, 7) is 0. The van der Waals surface area contributed by atoms with Gasteiger partial charge in [-0.1, -0.05) is 0 Å². The van der Waals surface area contributed by atoms with Crippen molar-refractivity contribution in [3.63, 3.8) is 0 Å². The van der Waals surface area contributed by atoms with E-state index in [0.29, 0.717) is 0 Å². The van der Waals surface area contributed by atoms with Gasteiger partial charge in [0.1, 0.15) is 0 Å². The molecule has 0 aliphatic heterocycles. The molecule has 0 atom stereocenters. The molecule has 3 rings (SSSR count). The van der Waals surface area contributed by atoms with Crippen LogP contribution in [-0.4, -0.2) is 9.97 Å². The molecule has 2 heterocycles. The number of rotatable bonds is 2. The van der Waals surface area contributed by atoms with Gasteiger partial charge >= 0.3 is 0 Å². The second kappa shape index (κ2) is 4.23. The van der Waals surface area contributed by atoms with Gasteiger partial charge < -0.3 is 11.1 Å². The molecule has 18 heavy (non-hydrogen) atoms. The van der Waals surface area contributed by atoms with Crippen LogP contribution in [0.2, 0.25) is 0 Å². The maximum atomic E-state index is 13.5. The molecule has 6 heteroatoms. The Hall–Kier alpha value is -2.21. The predicted molar refractivity (Wildman–Crippen MR) is 71.5 cm³/mol. The van der Waals surface area contributed by atoms with Crippen molar-refractivity contribution in [1.29, 1.82) is 0 Å². The van der Waals surface area contributed by atoms with Crippen LogP contribution in [0.5, 0.6) is 0 Å². The fourth-order valence-corrected chi connectivity index (χ4v) is 2.42. The summed E-state index contributed by atoms with van der Waals surface area (Å²) in [7, 11) is 0. The Labute approximate surface area is 106 Å². The van der Waals surface area contributed by atoms with E-state index in [0.717, 1.165) is 17.3 Å². The van der Waals surface area contributed by atoms with E-state index in [9.17, 15) is 4.39 Å². The second-order valence-corrected chi connectivity index (χ2v) is 4.67. The van der Waals surface area contributed by atoms with Crippen LogP contribution in [0, 0.1) is 5.82 Å². The summed E-state index contributed by atoms with van der Waals surface area (Å²) in [4.78, 5) is 7.39. The van der Waals surface area contributed by atoms with E-state index in [1.54, 1.807) is 11.3 Å². The van der Waals surface area contributed by atoms with Gasteiger partial charge in [-0.3, -0.25) is 0 Å². The number of nitrogens with one attached hydrogen (secondary N) is 1. The number of anilines is 3. The average Bonchev–Trinajstić information content (AvgIpc) is 2.81. The van der Waals surface area contributed by atoms with Crippen LogP contribution in [0.4, 0.5) is 21.8 Å². The number of thiophene rings is 1. The van der Waals surface area contributed by atoms with Crippen molar-refractivity contribution in [2.45, 2.75) is 0 Å². The molecule has 0 saturated heterocycles. The van der Waals surface area contributed by atoms with Crippen LogP contribution < -0.4 is 11.1 Å². The van der Waals surface area contributed by atoms with Gasteiger partial charge in [0.15, 0.2) is 11.6 Å². The highest BCUT2D eigenvalue weighted by Gasteiger charge is 2.06. The van der Waals surface area contributed by atoms with Crippen LogP contribution in [-0.2, 0) is 0 Å². The number of hydrogen-bond acceptors (Lipinski definition) is 5. The molecule has 1 aromatic carbocycles. The Balaban J connectivity index is 1.97. The lowest BCUT2D eigenvalue weighted by molar-refractivity contribution is 0.620. The standard InChI is InChI=1S/C12H9FN4S/c13-9-6-15-12(14)17-11(9)16-8-1-2-10-7(5-8)3-4-18-10/h1-6H,(H3,14,15,16,17). The highest BCUT2D eigenvalue weighted by atomic mass is 32.1. The molecule has 0 spiro atoms. The fraction of sp³-hybridized carbons (Fsp3) is 0. The van der Waals surface area contributed by atoms with E-state index < -0.39 is 5.82 Å². The van der Waals surface area contributed by atoms with E-state index in [4.69, 9.17) is 5.73 Å². The number of aromatic nitrogens is 2. The minimum atomic E-state index is -0.533. The number of nitrogen functional groups attached to an aromatic ring is 1. The number of nitrogens with zero attached hydrogens (tertiary/aromatic N) is 2. The number of halogens is 1. The molecule has 0 fully saturated rings. The molecule has 0 saturated carbocycles. The molecule has 0 unspecified atom stereocenters. The first kappa shape index (κ1) is 10.9. The summed E-state index contributed by atoms with van der Waals surface area (Å²) < 4.78 is 14.7. The molecular formula is C12H9FN4S. The molecule has 4 nitrogen and oxygen atoms in total. The van der Waals surface area contributed by atoms with Crippen molar-refractivity contribution in [2.75, 3.05) is 11.1 Å². The number of benzene rings is 1. The fourth-order valence-electron chi connectivity index (χ4n) is 1.65. The third-order valence-corrected chi connectivity index (χ3v) is 3.38. The minimum absolute atomic E-state index is 0.0375. The van der Waals surface area contributed by atoms with Crippen molar-refractivity contribution in [3.05, 3.63) is 41.7 Å². The monoisotopic (exact) mass is 260 g/mol. The van der Waals surface area contributed by atoms with Gasteiger partial charge in [0.05, 0.1) is 6.20 Å². The van der Waals surface area contributed by atoms with E-state index in [1.807, 2.05) is 29.6 Å². The van der Waals surface area contributed by atoms with Crippen LogP contribution in [0.25, 0.3) is 10.1 Å². The van der Waals surface area contributed by atoms with Crippen molar-refractivity contribution in [1.82, 2.24) is 9.97 Å². The molecule has 0 aliphatic rings. The summed E-state index contributed by atoms with van der Waals surface area (Å²) in [5.74, 6) is -0.415. The molecule has 0 bridgehead atoms. The highest BCUT2D eigenvalue weighted by Crippen LogP contribution is 2.26. The van der Waals surface area contributed by atoms with Crippen LogP contribution >= 0.6 is 11.3 Å². The van der Waals surface area contributed by atoms with Crippen molar-refractivity contribution in [2.24, 2.45) is 0 Å². The van der Waals surface area contributed by atoms with Crippen molar-refractivity contribution < 1.29 is 4.39 Å². The van der Waals surface area contributed by atoms with Gasteiger partial charge in [-0.05, 0) is 35.0 Å². The lowest BCUT2D eigenvalue weighted by Gasteiger charge is -2.06. The summed E-state index contributed by atoms with van der Waals surface area (Å²) in [6, 6.07) is 7.79. The van der Waals surface area contributed by atoms with Crippen LogP contribution in [0.3, 0.4) is 0 Å². The quantitative estimate of drug-likeness (QED) is 0.743. The second-order valence-electron chi connectivity index (χ2n) is 3.72. The van der Waals surface area contributed by atoms with Gasteiger partial charge in [-0.15, -0.1) is 11.3 Å². The first-order valence-electron chi connectivity index (χ1n) is 5.25. The number of nitrogens with two attached hydrogens (primary N) is 1. The Kier molecular flexibility index (Phi) is 2.56. The molecular weight excluding hydrogens is 251 g/mol. The number of hydrogen-bond donors (Lipinski definition) is 2. The zero-order chi connectivity index (χ0) is 12.5.